The van der Waals surface area contributed by atoms with Crippen molar-refractivity contribution in [3.8, 4) is 11.4 Å². The van der Waals surface area contributed by atoms with Crippen molar-refractivity contribution in [2.45, 2.75) is 6.42 Å². The summed E-state index contributed by atoms with van der Waals surface area (Å²) in [6.07, 6.45) is 1.74. The van der Waals surface area contributed by atoms with Gasteiger partial charge in [-0.05, 0) is 40.3 Å². The SMILES string of the molecule is O=C(Cc1ccccc1)Oc1ccc(-n2cnnn2)cc1. The van der Waals surface area contributed by atoms with Gasteiger partial charge < -0.3 is 4.74 Å². The van der Waals surface area contributed by atoms with Crippen molar-refractivity contribution in [2.24, 2.45) is 0 Å². The van der Waals surface area contributed by atoms with Crippen LogP contribution in [0.4, 0.5) is 0 Å². The summed E-state index contributed by atoms with van der Waals surface area (Å²) < 4.78 is 6.81. The Balaban J connectivity index is 1.64. The second-order valence-corrected chi connectivity index (χ2v) is 4.38. The third-order valence-electron chi connectivity index (χ3n) is 2.87. The molecule has 0 spiro atoms. The molecule has 6 heteroatoms. The maximum atomic E-state index is 11.8. The van der Waals surface area contributed by atoms with Crippen molar-refractivity contribution in [3.05, 3.63) is 66.5 Å². The molecule has 6 nitrogen and oxygen atoms in total. The molecular weight excluding hydrogens is 268 g/mol. The molecule has 21 heavy (non-hydrogen) atoms. The number of rotatable bonds is 4. The van der Waals surface area contributed by atoms with Gasteiger partial charge in [0.1, 0.15) is 12.1 Å². The van der Waals surface area contributed by atoms with E-state index in [1.54, 1.807) is 24.3 Å². The fourth-order valence-electron chi connectivity index (χ4n) is 1.88. The Bertz CT molecular complexity index is 709. The fraction of sp³-hybridized carbons (Fsp3) is 0.0667. The number of hydrogen-bond donors (Lipinski definition) is 0. The predicted octanol–water partition coefficient (Wildman–Crippen LogP) is 1.81. The van der Waals surface area contributed by atoms with Gasteiger partial charge in [-0.2, -0.15) is 0 Å². The topological polar surface area (TPSA) is 69.9 Å². The molecule has 0 bridgehead atoms. The minimum Gasteiger partial charge on any atom is -0.426 e. The average molecular weight is 280 g/mol. The Kier molecular flexibility index (Phi) is 3.68. The van der Waals surface area contributed by atoms with Crippen molar-refractivity contribution in [3.63, 3.8) is 0 Å². The fourth-order valence-corrected chi connectivity index (χ4v) is 1.88. The molecule has 0 saturated heterocycles. The van der Waals surface area contributed by atoms with Gasteiger partial charge in [0, 0.05) is 0 Å². The number of ether oxygens (including phenoxy) is 1. The van der Waals surface area contributed by atoms with E-state index in [9.17, 15) is 4.79 Å². The Morgan fingerprint density at radius 1 is 1.05 bits per heavy atom. The van der Waals surface area contributed by atoms with Crippen LogP contribution in [0.1, 0.15) is 5.56 Å². The van der Waals surface area contributed by atoms with Crippen LogP contribution in [0.25, 0.3) is 5.69 Å². The molecule has 0 saturated carbocycles. The molecule has 0 fully saturated rings. The van der Waals surface area contributed by atoms with Gasteiger partial charge in [0.25, 0.3) is 0 Å². The second-order valence-electron chi connectivity index (χ2n) is 4.38. The van der Waals surface area contributed by atoms with E-state index >= 15 is 0 Å². The molecule has 0 atom stereocenters. The molecule has 0 N–H and O–H groups in total. The molecule has 3 rings (SSSR count). The Morgan fingerprint density at radius 2 is 1.81 bits per heavy atom. The average Bonchev–Trinajstić information content (AvgIpc) is 3.03. The lowest BCUT2D eigenvalue weighted by Crippen LogP contribution is -2.11. The molecule has 0 aliphatic heterocycles. The first-order valence-electron chi connectivity index (χ1n) is 6.39. The van der Waals surface area contributed by atoms with Crippen molar-refractivity contribution in [2.75, 3.05) is 0 Å². The van der Waals surface area contributed by atoms with Crippen LogP contribution in [0.15, 0.2) is 60.9 Å². The van der Waals surface area contributed by atoms with Crippen LogP contribution in [0.3, 0.4) is 0 Å². The zero-order valence-corrected chi connectivity index (χ0v) is 11.1. The maximum absolute atomic E-state index is 11.8. The van der Waals surface area contributed by atoms with E-state index in [1.165, 1.54) is 11.0 Å². The molecular formula is C15H12N4O2. The number of esters is 1. The van der Waals surface area contributed by atoms with E-state index in [-0.39, 0.29) is 12.4 Å². The number of carbonyl (C=O) groups excluding carboxylic acids is 1. The quantitative estimate of drug-likeness (QED) is 0.538. The molecule has 1 heterocycles. The molecule has 0 radical (unpaired) electrons. The Hall–Kier alpha value is -3.02. The van der Waals surface area contributed by atoms with E-state index in [0.717, 1.165) is 11.3 Å². The lowest BCUT2D eigenvalue weighted by atomic mass is 10.2. The highest BCUT2D eigenvalue weighted by molar-refractivity contribution is 5.75. The van der Waals surface area contributed by atoms with Gasteiger partial charge in [-0.1, -0.05) is 30.3 Å². The van der Waals surface area contributed by atoms with Gasteiger partial charge in [-0.25, -0.2) is 4.68 Å². The van der Waals surface area contributed by atoms with Crippen LogP contribution in [0.2, 0.25) is 0 Å². The van der Waals surface area contributed by atoms with E-state index in [2.05, 4.69) is 15.5 Å². The smallest absolute Gasteiger partial charge is 0.315 e. The van der Waals surface area contributed by atoms with E-state index in [4.69, 9.17) is 4.74 Å². The lowest BCUT2D eigenvalue weighted by molar-refractivity contribution is -0.133. The van der Waals surface area contributed by atoms with Crippen LogP contribution >= 0.6 is 0 Å². The normalized spacial score (nSPS) is 10.3. The van der Waals surface area contributed by atoms with Crippen molar-refractivity contribution in [1.82, 2.24) is 20.2 Å². The minimum atomic E-state index is -0.295. The summed E-state index contributed by atoms with van der Waals surface area (Å²) in [6.45, 7) is 0. The zero-order chi connectivity index (χ0) is 14.5. The summed E-state index contributed by atoms with van der Waals surface area (Å²) in [5, 5.41) is 10.9. The highest BCUT2D eigenvalue weighted by Gasteiger charge is 2.06. The van der Waals surface area contributed by atoms with Crippen LogP contribution in [0.5, 0.6) is 5.75 Å². The highest BCUT2D eigenvalue weighted by Crippen LogP contribution is 2.15. The van der Waals surface area contributed by atoms with Crippen molar-refractivity contribution < 1.29 is 9.53 Å². The van der Waals surface area contributed by atoms with E-state index < -0.39 is 0 Å². The Labute approximate surface area is 121 Å². The zero-order valence-electron chi connectivity index (χ0n) is 11.1. The standard InChI is InChI=1S/C15H12N4O2/c20-15(10-12-4-2-1-3-5-12)21-14-8-6-13(7-9-14)19-11-16-17-18-19/h1-9,11H,10H2. The van der Waals surface area contributed by atoms with Crippen LogP contribution in [-0.2, 0) is 11.2 Å². The second kappa shape index (κ2) is 5.96. The predicted molar refractivity (Wildman–Crippen MR) is 74.9 cm³/mol. The molecule has 3 aromatic rings. The number of tetrazole rings is 1. The number of hydrogen-bond acceptors (Lipinski definition) is 5. The summed E-state index contributed by atoms with van der Waals surface area (Å²) in [4.78, 5) is 11.8. The van der Waals surface area contributed by atoms with Crippen molar-refractivity contribution >= 4 is 5.97 Å². The largest absolute Gasteiger partial charge is 0.426 e. The van der Waals surface area contributed by atoms with Crippen LogP contribution in [-0.4, -0.2) is 26.2 Å². The van der Waals surface area contributed by atoms with Gasteiger partial charge >= 0.3 is 5.97 Å². The first-order valence-corrected chi connectivity index (χ1v) is 6.39. The third kappa shape index (κ3) is 3.30. The molecule has 0 aliphatic rings. The van der Waals surface area contributed by atoms with Gasteiger partial charge in [-0.3, -0.25) is 4.79 Å². The molecule has 2 aromatic carbocycles. The Morgan fingerprint density at radius 3 is 2.48 bits per heavy atom. The maximum Gasteiger partial charge on any atom is 0.315 e. The summed E-state index contributed by atoms with van der Waals surface area (Å²) in [7, 11) is 0. The van der Waals surface area contributed by atoms with Crippen LogP contribution in [0, 0.1) is 0 Å². The number of carbonyl (C=O) groups is 1. The summed E-state index contributed by atoms with van der Waals surface area (Å²) >= 11 is 0. The number of benzene rings is 2. The first kappa shape index (κ1) is 13.0. The minimum absolute atomic E-state index is 0.246. The lowest BCUT2D eigenvalue weighted by Gasteiger charge is -2.05. The van der Waals surface area contributed by atoms with Crippen molar-refractivity contribution in [1.29, 1.82) is 0 Å². The molecule has 1 aromatic heterocycles. The summed E-state index contributed by atoms with van der Waals surface area (Å²) in [5.41, 5.74) is 1.72. The number of nitrogens with zero attached hydrogens (tertiary/aromatic N) is 4. The van der Waals surface area contributed by atoms with E-state index in [0.29, 0.717) is 5.75 Å². The van der Waals surface area contributed by atoms with Gasteiger partial charge in [-0.15, -0.1) is 5.10 Å². The molecule has 0 aliphatic carbocycles. The molecule has 104 valence electrons. The first-order chi connectivity index (χ1) is 10.3. The third-order valence-corrected chi connectivity index (χ3v) is 2.87. The highest BCUT2D eigenvalue weighted by atomic mass is 16.5. The van der Waals surface area contributed by atoms with Gasteiger partial charge in [0.15, 0.2) is 0 Å². The van der Waals surface area contributed by atoms with Gasteiger partial charge in [0.2, 0.25) is 0 Å². The molecule has 0 amide bonds. The van der Waals surface area contributed by atoms with E-state index in [1.807, 2.05) is 30.3 Å². The monoisotopic (exact) mass is 280 g/mol. The van der Waals surface area contributed by atoms with Gasteiger partial charge in [0.05, 0.1) is 12.1 Å². The number of aromatic nitrogens is 4. The summed E-state index contributed by atoms with van der Waals surface area (Å²) in [5.74, 6) is 0.198. The van der Waals surface area contributed by atoms with Crippen LogP contribution < -0.4 is 4.74 Å². The summed E-state index contributed by atoms with van der Waals surface area (Å²) in [6, 6.07) is 16.5. The molecule has 0 unspecified atom stereocenters.